The van der Waals surface area contributed by atoms with Gasteiger partial charge in [-0.1, -0.05) is 12.1 Å². The van der Waals surface area contributed by atoms with E-state index in [0.29, 0.717) is 5.82 Å². The fraction of sp³-hybridized carbons (Fsp3) is 0.429. The highest BCUT2D eigenvalue weighted by Crippen LogP contribution is 2.34. The minimum absolute atomic E-state index is 0.0677. The maximum atomic E-state index is 12.9. The SMILES string of the molecule is FC(F)(F)c1ccccc1NCc1nnc2n1CCCC2. The van der Waals surface area contributed by atoms with Crippen molar-refractivity contribution in [3.8, 4) is 0 Å². The van der Waals surface area contributed by atoms with Crippen LogP contribution in [0.3, 0.4) is 0 Å². The van der Waals surface area contributed by atoms with Crippen molar-refractivity contribution in [3.63, 3.8) is 0 Å². The van der Waals surface area contributed by atoms with E-state index in [1.54, 1.807) is 6.07 Å². The zero-order valence-corrected chi connectivity index (χ0v) is 11.3. The first-order valence-corrected chi connectivity index (χ1v) is 6.87. The van der Waals surface area contributed by atoms with Crippen molar-refractivity contribution < 1.29 is 13.2 Å². The van der Waals surface area contributed by atoms with Crippen LogP contribution in [-0.4, -0.2) is 14.8 Å². The summed E-state index contributed by atoms with van der Waals surface area (Å²) in [4.78, 5) is 0. The predicted octanol–water partition coefficient (Wildman–Crippen LogP) is 3.25. The maximum Gasteiger partial charge on any atom is 0.418 e. The summed E-state index contributed by atoms with van der Waals surface area (Å²) in [5.74, 6) is 1.60. The molecule has 0 aliphatic carbocycles. The molecule has 2 aromatic rings. The summed E-state index contributed by atoms with van der Waals surface area (Å²) in [6.07, 6.45) is -1.35. The third-order valence-corrected chi connectivity index (χ3v) is 3.61. The van der Waals surface area contributed by atoms with E-state index in [1.165, 1.54) is 12.1 Å². The fourth-order valence-electron chi connectivity index (χ4n) is 2.56. The summed E-state index contributed by atoms with van der Waals surface area (Å²) in [5, 5.41) is 11.0. The Labute approximate surface area is 120 Å². The van der Waals surface area contributed by atoms with E-state index in [-0.39, 0.29) is 12.2 Å². The van der Waals surface area contributed by atoms with Crippen molar-refractivity contribution >= 4 is 5.69 Å². The smallest absolute Gasteiger partial charge is 0.377 e. The molecular formula is C14H15F3N4. The number of hydrogen-bond donors (Lipinski definition) is 1. The number of para-hydroxylation sites is 1. The third-order valence-electron chi connectivity index (χ3n) is 3.61. The molecule has 1 aromatic heterocycles. The molecule has 0 saturated carbocycles. The zero-order chi connectivity index (χ0) is 14.9. The quantitative estimate of drug-likeness (QED) is 0.945. The Bertz CT molecular complexity index is 633. The summed E-state index contributed by atoms with van der Waals surface area (Å²) in [7, 11) is 0. The monoisotopic (exact) mass is 296 g/mol. The highest BCUT2D eigenvalue weighted by atomic mass is 19.4. The van der Waals surface area contributed by atoms with Gasteiger partial charge in [-0.25, -0.2) is 0 Å². The van der Waals surface area contributed by atoms with Crippen molar-refractivity contribution in [2.45, 2.75) is 38.5 Å². The fourth-order valence-corrected chi connectivity index (χ4v) is 2.56. The van der Waals surface area contributed by atoms with Gasteiger partial charge in [-0.3, -0.25) is 0 Å². The molecule has 1 N–H and O–H groups in total. The van der Waals surface area contributed by atoms with E-state index in [1.807, 2.05) is 4.57 Å². The zero-order valence-electron chi connectivity index (χ0n) is 11.3. The highest BCUT2D eigenvalue weighted by Gasteiger charge is 2.33. The van der Waals surface area contributed by atoms with Gasteiger partial charge in [0.25, 0.3) is 0 Å². The van der Waals surface area contributed by atoms with E-state index < -0.39 is 11.7 Å². The molecule has 7 heteroatoms. The summed E-state index contributed by atoms with van der Waals surface area (Å²) < 4.78 is 40.7. The largest absolute Gasteiger partial charge is 0.418 e. The maximum absolute atomic E-state index is 12.9. The van der Waals surface area contributed by atoms with Gasteiger partial charge < -0.3 is 9.88 Å². The van der Waals surface area contributed by atoms with E-state index in [9.17, 15) is 13.2 Å². The summed E-state index contributed by atoms with van der Waals surface area (Å²) in [6.45, 7) is 1.07. The van der Waals surface area contributed by atoms with Crippen LogP contribution in [0.15, 0.2) is 24.3 Å². The van der Waals surface area contributed by atoms with Gasteiger partial charge in [-0.2, -0.15) is 13.2 Å². The molecule has 1 aliphatic rings. The van der Waals surface area contributed by atoms with E-state index in [0.717, 1.165) is 37.7 Å². The average molecular weight is 296 g/mol. The number of nitrogens with one attached hydrogen (secondary N) is 1. The second-order valence-electron chi connectivity index (χ2n) is 5.04. The standard InChI is InChI=1S/C14H15F3N4/c15-14(16,17)10-5-1-2-6-11(10)18-9-13-20-19-12-7-3-4-8-21(12)13/h1-2,5-6,18H,3-4,7-9H2. The molecule has 4 nitrogen and oxygen atoms in total. The molecule has 0 unspecified atom stereocenters. The molecule has 0 saturated heterocycles. The number of rotatable bonds is 3. The van der Waals surface area contributed by atoms with Crippen LogP contribution in [0.1, 0.15) is 30.1 Å². The Morgan fingerprint density at radius 2 is 1.95 bits per heavy atom. The lowest BCUT2D eigenvalue weighted by Crippen LogP contribution is -2.16. The topological polar surface area (TPSA) is 42.7 Å². The highest BCUT2D eigenvalue weighted by molar-refractivity contribution is 5.52. The molecule has 1 aromatic carbocycles. The Morgan fingerprint density at radius 1 is 1.14 bits per heavy atom. The van der Waals surface area contributed by atoms with Crippen molar-refractivity contribution in [1.29, 1.82) is 0 Å². The summed E-state index contributed by atoms with van der Waals surface area (Å²) >= 11 is 0. The van der Waals surface area contributed by atoms with E-state index in [2.05, 4.69) is 15.5 Å². The van der Waals surface area contributed by atoms with Gasteiger partial charge in [-0.15, -0.1) is 10.2 Å². The van der Waals surface area contributed by atoms with Crippen LogP contribution in [0.2, 0.25) is 0 Å². The second kappa shape index (κ2) is 5.38. The Kier molecular flexibility index (Phi) is 3.57. The molecule has 0 amide bonds. The van der Waals surface area contributed by atoms with Gasteiger partial charge >= 0.3 is 6.18 Å². The van der Waals surface area contributed by atoms with Crippen molar-refractivity contribution in [3.05, 3.63) is 41.5 Å². The van der Waals surface area contributed by atoms with Gasteiger partial charge in [0.1, 0.15) is 5.82 Å². The normalized spacial score (nSPS) is 14.8. The molecular weight excluding hydrogens is 281 g/mol. The van der Waals surface area contributed by atoms with Crippen LogP contribution in [0.5, 0.6) is 0 Å². The number of hydrogen-bond acceptors (Lipinski definition) is 3. The Hall–Kier alpha value is -2.05. The third kappa shape index (κ3) is 2.86. The molecule has 1 aliphatic heterocycles. The first-order valence-electron chi connectivity index (χ1n) is 6.87. The first-order chi connectivity index (χ1) is 10.1. The average Bonchev–Trinajstić information content (AvgIpc) is 2.88. The number of aryl methyl sites for hydroxylation is 1. The first kappa shape index (κ1) is 13.9. The predicted molar refractivity (Wildman–Crippen MR) is 71.7 cm³/mol. The van der Waals surface area contributed by atoms with Gasteiger partial charge in [-0.05, 0) is 25.0 Å². The molecule has 0 atom stereocenters. The van der Waals surface area contributed by atoms with Gasteiger partial charge in [0.15, 0.2) is 5.82 Å². The number of fused-ring (bicyclic) bond motifs is 1. The number of halogens is 3. The molecule has 0 fully saturated rings. The minimum Gasteiger partial charge on any atom is -0.377 e. The molecule has 0 radical (unpaired) electrons. The molecule has 21 heavy (non-hydrogen) atoms. The number of anilines is 1. The lowest BCUT2D eigenvalue weighted by Gasteiger charge is -2.17. The number of benzene rings is 1. The van der Waals surface area contributed by atoms with E-state index >= 15 is 0 Å². The molecule has 112 valence electrons. The molecule has 3 rings (SSSR count). The molecule has 0 spiro atoms. The van der Waals surface area contributed by atoms with Crippen LogP contribution in [0.25, 0.3) is 0 Å². The summed E-state index contributed by atoms with van der Waals surface area (Å²) in [5.41, 5.74) is -0.596. The Morgan fingerprint density at radius 3 is 2.76 bits per heavy atom. The Balaban J connectivity index is 1.78. The minimum atomic E-state index is -4.37. The molecule has 0 bridgehead atoms. The van der Waals surface area contributed by atoms with Gasteiger partial charge in [0, 0.05) is 18.7 Å². The van der Waals surface area contributed by atoms with Gasteiger partial charge in [0.2, 0.25) is 0 Å². The summed E-state index contributed by atoms with van der Waals surface area (Å²) in [6, 6.07) is 5.46. The van der Waals surface area contributed by atoms with Crippen LogP contribution < -0.4 is 5.32 Å². The lowest BCUT2D eigenvalue weighted by molar-refractivity contribution is -0.137. The van der Waals surface area contributed by atoms with Crippen molar-refractivity contribution in [1.82, 2.24) is 14.8 Å². The number of nitrogens with zero attached hydrogens (tertiary/aromatic N) is 3. The number of alkyl halides is 3. The van der Waals surface area contributed by atoms with Crippen LogP contribution >= 0.6 is 0 Å². The van der Waals surface area contributed by atoms with Gasteiger partial charge in [0.05, 0.1) is 12.1 Å². The van der Waals surface area contributed by atoms with E-state index in [4.69, 9.17) is 0 Å². The lowest BCUT2D eigenvalue weighted by atomic mass is 10.1. The van der Waals surface area contributed by atoms with Crippen LogP contribution in [0.4, 0.5) is 18.9 Å². The van der Waals surface area contributed by atoms with Crippen molar-refractivity contribution in [2.24, 2.45) is 0 Å². The number of aromatic nitrogens is 3. The molecule has 2 heterocycles. The second-order valence-corrected chi connectivity index (χ2v) is 5.04. The van der Waals surface area contributed by atoms with Crippen molar-refractivity contribution in [2.75, 3.05) is 5.32 Å². The van der Waals surface area contributed by atoms with Crippen LogP contribution in [0, 0.1) is 0 Å². The van der Waals surface area contributed by atoms with Crippen LogP contribution in [-0.2, 0) is 25.7 Å².